The van der Waals surface area contributed by atoms with E-state index in [1.807, 2.05) is 12.1 Å². The van der Waals surface area contributed by atoms with Gasteiger partial charge in [0.1, 0.15) is 0 Å². The second-order valence-electron chi connectivity index (χ2n) is 6.27. The zero-order chi connectivity index (χ0) is 18.2. The van der Waals surface area contributed by atoms with Crippen LogP contribution >= 0.6 is 11.6 Å². The van der Waals surface area contributed by atoms with E-state index in [0.29, 0.717) is 0 Å². The summed E-state index contributed by atoms with van der Waals surface area (Å²) in [4.78, 5) is 0. The van der Waals surface area contributed by atoms with Gasteiger partial charge in [-0.05, 0) is 28.7 Å². The zero-order valence-electron chi connectivity index (χ0n) is 15.0. The van der Waals surface area contributed by atoms with E-state index in [4.69, 9.17) is 11.6 Å². The van der Waals surface area contributed by atoms with Gasteiger partial charge in [0.15, 0.2) is 0 Å². The number of benzene rings is 3. The second-order valence-corrected chi connectivity index (χ2v) is 6.68. The zero-order valence-corrected chi connectivity index (χ0v) is 15.7. The fourth-order valence-corrected chi connectivity index (χ4v) is 3.13. The Labute approximate surface area is 161 Å². The van der Waals surface area contributed by atoms with Gasteiger partial charge in [-0.3, -0.25) is 0 Å². The third-order valence-electron chi connectivity index (χ3n) is 4.44. The molecule has 3 aromatic carbocycles. The van der Waals surface area contributed by atoms with Crippen molar-refractivity contribution in [1.29, 1.82) is 0 Å². The molecule has 0 N–H and O–H groups in total. The molecule has 0 heterocycles. The number of hydrogen-bond acceptors (Lipinski definition) is 0. The quantitative estimate of drug-likeness (QED) is 0.432. The topological polar surface area (TPSA) is 0 Å². The van der Waals surface area contributed by atoms with E-state index >= 15 is 0 Å². The Morgan fingerprint density at radius 2 is 1.46 bits per heavy atom. The number of rotatable bonds is 6. The van der Waals surface area contributed by atoms with Crippen molar-refractivity contribution in [3.63, 3.8) is 0 Å². The number of aryl methyl sites for hydroxylation is 1. The molecule has 0 aliphatic carbocycles. The van der Waals surface area contributed by atoms with E-state index in [1.54, 1.807) is 0 Å². The van der Waals surface area contributed by atoms with Crippen molar-refractivity contribution >= 4 is 22.7 Å². The summed E-state index contributed by atoms with van der Waals surface area (Å²) in [6, 6.07) is 29.3. The van der Waals surface area contributed by atoms with Crippen molar-refractivity contribution in [3.05, 3.63) is 119 Å². The third kappa shape index (κ3) is 4.97. The lowest BCUT2D eigenvalue weighted by atomic mass is 9.96. The molecule has 26 heavy (non-hydrogen) atoms. The average Bonchev–Trinajstić information content (AvgIpc) is 2.72. The average molecular weight is 359 g/mol. The van der Waals surface area contributed by atoms with Crippen LogP contribution in [-0.4, -0.2) is 0 Å². The minimum absolute atomic E-state index is 0.120. The molecule has 0 saturated carbocycles. The highest BCUT2D eigenvalue weighted by molar-refractivity contribution is 6.48. The van der Waals surface area contributed by atoms with E-state index in [0.717, 1.165) is 17.0 Å². The van der Waals surface area contributed by atoms with Crippen LogP contribution in [0.2, 0.25) is 0 Å². The minimum atomic E-state index is 0.120. The maximum Gasteiger partial charge on any atom is 0.0447 e. The van der Waals surface area contributed by atoms with E-state index in [1.165, 1.54) is 16.7 Å². The van der Waals surface area contributed by atoms with Gasteiger partial charge in [-0.25, -0.2) is 0 Å². The molecule has 0 spiro atoms. The lowest BCUT2D eigenvalue weighted by Crippen LogP contribution is -1.92. The lowest BCUT2D eigenvalue weighted by Gasteiger charge is -2.11. The molecule has 0 amide bonds. The summed E-state index contributed by atoms with van der Waals surface area (Å²) in [5.41, 5.74) is 4.79. The van der Waals surface area contributed by atoms with Gasteiger partial charge in [0.05, 0.1) is 0 Å². The monoisotopic (exact) mass is 358 g/mol. The van der Waals surface area contributed by atoms with Gasteiger partial charge in [-0.15, -0.1) is 0 Å². The Kier molecular flexibility index (Phi) is 6.46. The summed E-state index contributed by atoms with van der Waals surface area (Å²) in [5, 5.41) is 0.777. The maximum absolute atomic E-state index is 6.66. The molecule has 0 nitrogen and oxygen atoms in total. The normalized spacial score (nSPS) is 13.1. The molecule has 0 aliphatic heterocycles. The molecular formula is C25H23Cl. The Bertz CT molecular complexity index is 859. The third-order valence-corrected chi connectivity index (χ3v) is 4.79. The summed E-state index contributed by atoms with van der Waals surface area (Å²) < 4.78 is 0. The summed E-state index contributed by atoms with van der Waals surface area (Å²) in [5.74, 6) is 0.120. The largest absolute Gasteiger partial charge is 0.0840 e. The summed E-state index contributed by atoms with van der Waals surface area (Å²) in [6.45, 7) is 2.16. The first kappa shape index (κ1) is 18.2. The Morgan fingerprint density at radius 1 is 0.846 bits per heavy atom. The van der Waals surface area contributed by atoms with Crippen molar-refractivity contribution in [2.75, 3.05) is 0 Å². The number of halogens is 1. The number of allylic oxidation sites excluding steroid dienone is 2. The molecule has 3 rings (SSSR count). The predicted molar refractivity (Wildman–Crippen MR) is 114 cm³/mol. The van der Waals surface area contributed by atoms with Crippen molar-refractivity contribution in [2.45, 2.75) is 19.3 Å². The van der Waals surface area contributed by atoms with Gasteiger partial charge >= 0.3 is 0 Å². The summed E-state index contributed by atoms with van der Waals surface area (Å²) in [7, 11) is 0. The number of hydrogen-bond donors (Lipinski definition) is 0. The predicted octanol–water partition coefficient (Wildman–Crippen LogP) is 7.33. The fraction of sp³-hybridized carbons (Fsp3) is 0.120. The molecule has 0 saturated heterocycles. The smallest absolute Gasteiger partial charge is 0.0447 e. The molecule has 0 fully saturated rings. The molecular weight excluding hydrogens is 336 g/mol. The van der Waals surface area contributed by atoms with Gasteiger partial charge in [-0.1, -0.05) is 122 Å². The fourth-order valence-electron chi connectivity index (χ4n) is 2.87. The van der Waals surface area contributed by atoms with Crippen LogP contribution in [0.3, 0.4) is 0 Å². The van der Waals surface area contributed by atoms with Crippen molar-refractivity contribution in [3.8, 4) is 0 Å². The van der Waals surface area contributed by atoms with Crippen molar-refractivity contribution in [1.82, 2.24) is 0 Å². The van der Waals surface area contributed by atoms with Crippen LogP contribution in [0.25, 0.3) is 11.1 Å². The van der Waals surface area contributed by atoms with Gasteiger partial charge < -0.3 is 0 Å². The SMILES string of the molecule is CCc1ccc(/C(Cl)=C\C(/C=C/c2ccccc2)c2ccccc2)cc1. The van der Waals surface area contributed by atoms with Gasteiger partial charge in [0, 0.05) is 11.0 Å². The van der Waals surface area contributed by atoms with E-state index in [2.05, 4.69) is 97.9 Å². The first-order chi connectivity index (χ1) is 12.8. The molecule has 1 unspecified atom stereocenters. The van der Waals surface area contributed by atoms with Gasteiger partial charge in [0.25, 0.3) is 0 Å². The lowest BCUT2D eigenvalue weighted by molar-refractivity contribution is 1.09. The minimum Gasteiger partial charge on any atom is -0.0840 e. The highest BCUT2D eigenvalue weighted by atomic mass is 35.5. The van der Waals surface area contributed by atoms with Crippen LogP contribution in [0.15, 0.2) is 97.1 Å². The first-order valence-corrected chi connectivity index (χ1v) is 9.39. The van der Waals surface area contributed by atoms with Crippen LogP contribution in [0, 0.1) is 0 Å². The Hall–Kier alpha value is -2.57. The maximum atomic E-state index is 6.66. The molecule has 0 radical (unpaired) electrons. The standard InChI is InChI=1S/C25H23Cl/c1-2-20-13-16-23(17-14-20)25(26)19-24(22-11-7-4-8-12-22)18-15-21-9-5-3-6-10-21/h3-19,24H,2H2,1H3/b18-15+,25-19+. The summed E-state index contributed by atoms with van der Waals surface area (Å²) in [6.07, 6.45) is 7.51. The summed E-state index contributed by atoms with van der Waals surface area (Å²) >= 11 is 6.66. The van der Waals surface area contributed by atoms with Gasteiger partial charge in [-0.2, -0.15) is 0 Å². The molecule has 3 aromatic rings. The van der Waals surface area contributed by atoms with Crippen LogP contribution in [0.4, 0.5) is 0 Å². The van der Waals surface area contributed by atoms with Crippen molar-refractivity contribution in [2.24, 2.45) is 0 Å². The van der Waals surface area contributed by atoms with E-state index in [-0.39, 0.29) is 5.92 Å². The highest BCUT2D eigenvalue weighted by Crippen LogP contribution is 2.28. The molecule has 1 heteroatoms. The van der Waals surface area contributed by atoms with Crippen LogP contribution < -0.4 is 0 Å². The van der Waals surface area contributed by atoms with Crippen LogP contribution in [0.1, 0.15) is 35.1 Å². The Morgan fingerprint density at radius 3 is 2.08 bits per heavy atom. The van der Waals surface area contributed by atoms with Crippen LogP contribution in [-0.2, 0) is 6.42 Å². The van der Waals surface area contributed by atoms with Gasteiger partial charge in [0.2, 0.25) is 0 Å². The molecule has 0 aromatic heterocycles. The van der Waals surface area contributed by atoms with Crippen LogP contribution in [0.5, 0.6) is 0 Å². The highest BCUT2D eigenvalue weighted by Gasteiger charge is 2.07. The van der Waals surface area contributed by atoms with Crippen molar-refractivity contribution < 1.29 is 0 Å². The molecule has 130 valence electrons. The molecule has 1 atom stereocenters. The Balaban J connectivity index is 1.90. The first-order valence-electron chi connectivity index (χ1n) is 9.01. The van der Waals surface area contributed by atoms with E-state index < -0.39 is 0 Å². The molecule has 0 aliphatic rings. The van der Waals surface area contributed by atoms with E-state index in [9.17, 15) is 0 Å². The molecule has 0 bridgehead atoms. The second kappa shape index (κ2) is 9.22.